The van der Waals surface area contributed by atoms with E-state index < -0.39 is 7.26 Å². The van der Waals surface area contributed by atoms with Gasteiger partial charge in [0, 0.05) is 40.5 Å². The van der Waals surface area contributed by atoms with Gasteiger partial charge in [-0.3, -0.25) is 0 Å². The third-order valence-corrected chi connectivity index (χ3v) is 8.94. The molecule has 0 unspecified atom stereocenters. The van der Waals surface area contributed by atoms with Crippen molar-refractivity contribution in [3.8, 4) is 0 Å². The predicted octanol–water partition coefficient (Wildman–Crippen LogP) is 8.83. The second-order valence-corrected chi connectivity index (χ2v) is 17.4. The van der Waals surface area contributed by atoms with Gasteiger partial charge in [0.1, 0.15) is 0 Å². The van der Waals surface area contributed by atoms with Crippen molar-refractivity contribution in [3.63, 3.8) is 0 Å². The summed E-state index contributed by atoms with van der Waals surface area (Å²) in [5.41, 5.74) is 0. The van der Waals surface area contributed by atoms with Crippen LogP contribution in [-0.4, -0.2) is 45.7 Å². The molecule has 0 spiro atoms. The normalized spacial score (nSPS) is 12.1. The fraction of sp³-hybridized carbons (Fsp3) is 0.941. The molecule has 230 valence electrons. The Morgan fingerprint density at radius 2 is 0.895 bits per heavy atom. The van der Waals surface area contributed by atoms with E-state index >= 15 is 0 Å². The van der Waals surface area contributed by atoms with Crippen molar-refractivity contribution in [1.82, 2.24) is 0 Å². The molecule has 38 heavy (non-hydrogen) atoms. The lowest BCUT2D eigenvalue weighted by atomic mass is 10.1. The van der Waals surface area contributed by atoms with Gasteiger partial charge in [-0.25, -0.2) is 0 Å². The third kappa shape index (κ3) is 34.8. The van der Waals surface area contributed by atoms with E-state index in [-0.39, 0.29) is 30.3 Å². The Hall–Kier alpha value is 0.820. The smallest absolute Gasteiger partial charge is 0.157 e. The van der Waals surface area contributed by atoms with Crippen LogP contribution in [-0.2, 0) is 9.47 Å². The Labute approximate surface area is 259 Å². The summed E-state index contributed by atoms with van der Waals surface area (Å²) in [4.78, 5) is 0. The number of rotatable bonds is 30. The molecule has 4 heteroatoms. The van der Waals surface area contributed by atoms with Crippen LogP contribution in [0, 0.1) is 0 Å². The Balaban J connectivity index is 0. The maximum Gasteiger partial charge on any atom is 0.157 e. The Morgan fingerprint density at radius 1 is 0.500 bits per heavy atom. The lowest BCUT2D eigenvalue weighted by molar-refractivity contribution is -0.148. The van der Waals surface area contributed by atoms with Gasteiger partial charge in [0.15, 0.2) is 6.29 Å². The molecule has 0 aliphatic heterocycles. The van der Waals surface area contributed by atoms with Crippen LogP contribution in [0.4, 0.5) is 0 Å². The summed E-state index contributed by atoms with van der Waals surface area (Å²) in [6, 6.07) is 0. The highest BCUT2D eigenvalue weighted by molar-refractivity contribution is 7.73. The van der Waals surface area contributed by atoms with Crippen molar-refractivity contribution in [3.05, 3.63) is 12.2 Å². The molecule has 0 saturated heterocycles. The molecular weight excluding hydrogens is 598 g/mol. The Bertz CT molecular complexity index is 442. The van der Waals surface area contributed by atoms with Gasteiger partial charge in [0.25, 0.3) is 0 Å². The molecule has 0 amide bonds. The van der Waals surface area contributed by atoms with E-state index in [2.05, 4.69) is 46.0 Å². The number of unbranched alkanes of at least 4 members (excludes halogenated alkanes) is 18. The van der Waals surface area contributed by atoms with Gasteiger partial charge in [-0.15, -0.1) is 0 Å². The van der Waals surface area contributed by atoms with Crippen LogP contribution in [0.1, 0.15) is 162 Å². The molecule has 0 aliphatic rings. The first-order valence-corrected chi connectivity index (χ1v) is 20.0. The van der Waals surface area contributed by atoms with Gasteiger partial charge in [0.2, 0.25) is 0 Å². The summed E-state index contributed by atoms with van der Waals surface area (Å²) >= 11 is 0. The predicted molar refractivity (Wildman–Crippen MR) is 172 cm³/mol. The van der Waals surface area contributed by atoms with Crippen molar-refractivity contribution in [1.29, 1.82) is 0 Å². The minimum Gasteiger partial charge on any atom is -1.00 e. The second-order valence-electron chi connectivity index (χ2n) is 12.4. The largest absolute Gasteiger partial charge is 1.00 e. The maximum atomic E-state index is 6.23. The molecule has 0 bridgehead atoms. The molecule has 0 aromatic rings. The molecule has 0 aromatic heterocycles. The zero-order valence-corrected chi connectivity index (χ0v) is 29.8. The standard InChI is InChI=1S/C34H70O2P.HI/c1-6-8-10-12-14-19-23-27-31-35-34(36-32-28-24-20-15-13-11-9-7-2)30-26-22-18-16-17-21-25-29-33-37(3,4)5;/h17,21,34H,6-16,18-20,22-33H2,1-5H3;1H/q+1;/p-1/b21-17+;. The average Bonchev–Trinajstić information content (AvgIpc) is 2.86. The summed E-state index contributed by atoms with van der Waals surface area (Å²) in [7, 11) is -0.593. The first-order valence-electron chi connectivity index (χ1n) is 16.7. The molecular formula is C34H70IO2P. The zero-order chi connectivity index (χ0) is 27.3. The van der Waals surface area contributed by atoms with E-state index in [0.717, 1.165) is 19.6 Å². The van der Waals surface area contributed by atoms with Crippen LogP contribution >= 0.6 is 7.26 Å². The molecule has 0 saturated carbocycles. The molecule has 0 N–H and O–H groups in total. The number of hydrogen-bond acceptors (Lipinski definition) is 2. The molecule has 0 radical (unpaired) electrons. The zero-order valence-electron chi connectivity index (χ0n) is 26.8. The summed E-state index contributed by atoms with van der Waals surface area (Å²) in [5.74, 6) is 0. The first-order chi connectivity index (χ1) is 18.0. The molecule has 0 fully saturated rings. The summed E-state index contributed by atoms with van der Waals surface area (Å²) in [6.07, 6.45) is 36.6. The number of halogens is 1. The molecule has 0 rings (SSSR count). The fourth-order valence-corrected chi connectivity index (χ4v) is 5.92. The highest BCUT2D eigenvalue weighted by Gasteiger charge is 2.15. The van der Waals surface area contributed by atoms with Crippen LogP contribution in [0.5, 0.6) is 0 Å². The van der Waals surface area contributed by atoms with Crippen molar-refractivity contribution < 1.29 is 33.5 Å². The van der Waals surface area contributed by atoms with Crippen molar-refractivity contribution in [2.45, 2.75) is 168 Å². The minimum absolute atomic E-state index is 0. The second kappa shape index (κ2) is 32.3. The topological polar surface area (TPSA) is 18.5 Å². The minimum atomic E-state index is -0.593. The highest BCUT2D eigenvalue weighted by Crippen LogP contribution is 2.47. The molecule has 0 aliphatic carbocycles. The Morgan fingerprint density at radius 3 is 1.34 bits per heavy atom. The van der Waals surface area contributed by atoms with E-state index in [1.54, 1.807) is 0 Å². The van der Waals surface area contributed by atoms with Gasteiger partial charge in [0.05, 0.1) is 6.16 Å². The van der Waals surface area contributed by atoms with E-state index in [4.69, 9.17) is 9.47 Å². The van der Waals surface area contributed by atoms with Crippen LogP contribution in [0.25, 0.3) is 0 Å². The average molecular weight is 669 g/mol. The van der Waals surface area contributed by atoms with Crippen LogP contribution < -0.4 is 24.0 Å². The molecule has 2 nitrogen and oxygen atoms in total. The van der Waals surface area contributed by atoms with Gasteiger partial charge in [-0.05, 0) is 51.4 Å². The number of allylic oxidation sites excluding steroid dienone is 2. The van der Waals surface area contributed by atoms with Gasteiger partial charge >= 0.3 is 0 Å². The maximum absolute atomic E-state index is 6.23. The van der Waals surface area contributed by atoms with Crippen LogP contribution in [0.2, 0.25) is 0 Å². The van der Waals surface area contributed by atoms with Gasteiger partial charge in [-0.1, -0.05) is 122 Å². The van der Waals surface area contributed by atoms with E-state index in [1.165, 1.54) is 147 Å². The van der Waals surface area contributed by atoms with Crippen molar-refractivity contribution >= 4 is 7.26 Å². The van der Waals surface area contributed by atoms with Gasteiger partial charge < -0.3 is 33.5 Å². The highest BCUT2D eigenvalue weighted by atomic mass is 127. The lowest BCUT2D eigenvalue weighted by Gasteiger charge is -2.19. The SMILES string of the molecule is CCCCCCCCCCOC(CCCCC/C=C/CCC[P+](C)(C)C)OCCCCCCCCCC.[I-]. The molecule has 0 atom stereocenters. The number of hydrogen-bond donors (Lipinski definition) is 0. The van der Waals surface area contributed by atoms with E-state index in [0.29, 0.717) is 0 Å². The quantitative estimate of drug-likeness (QED) is 0.0251. The van der Waals surface area contributed by atoms with Gasteiger partial charge in [-0.2, -0.15) is 0 Å². The molecule has 0 heterocycles. The first kappa shape index (κ1) is 41.0. The van der Waals surface area contributed by atoms with E-state index in [9.17, 15) is 0 Å². The summed E-state index contributed by atoms with van der Waals surface area (Å²) in [5, 5.41) is 0. The number of ether oxygens (including phenoxy) is 2. The van der Waals surface area contributed by atoms with Crippen LogP contribution in [0.3, 0.4) is 0 Å². The van der Waals surface area contributed by atoms with Crippen molar-refractivity contribution in [2.75, 3.05) is 39.4 Å². The monoisotopic (exact) mass is 668 g/mol. The molecule has 0 aromatic carbocycles. The van der Waals surface area contributed by atoms with Crippen LogP contribution in [0.15, 0.2) is 12.2 Å². The lowest BCUT2D eigenvalue weighted by Crippen LogP contribution is -3.00. The summed E-state index contributed by atoms with van der Waals surface area (Å²) in [6.45, 7) is 13.7. The fourth-order valence-electron chi connectivity index (χ4n) is 4.79. The summed E-state index contributed by atoms with van der Waals surface area (Å²) < 4.78 is 12.5. The van der Waals surface area contributed by atoms with Crippen molar-refractivity contribution in [2.24, 2.45) is 0 Å². The third-order valence-electron chi connectivity index (χ3n) is 7.28. The van der Waals surface area contributed by atoms with E-state index in [1.807, 2.05) is 0 Å². The Kier molecular flexibility index (Phi) is 34.9.